The van der Waals surface area contributed by atoms with E-state index < -0.39 is 0 Å². The highest BCUT2D eigenvalue weighted by atomic mass is 16.2. The second-order valence-electron chi connectivity index (χ2n) is 8.60. The Labute approximate surface area is 187 Å². The fourth-order valence-electron chi connectivity index (χ4n) is 4.26. The molecule has 0 aliphatic carbocycles. The summed E-state index contributed by atoms with van der Waals surface area (Å²) in [6.45, 7) is 4.72. The number of H-pyrrole nitrogens is 1. The van der Waals surface area contributed by atoms with Crippen LogP contribution in [0.5, 0.6) is 0 Å². The largest absolute Gasteiger partial charge is 0.353 e. The second kappa shape index (κ2) is 9.96. The number of aromatic amines is 1. The van der Waals surface area contributed by atoms with Gasteiger partial charge in [-0.15, -0.1) is 0 Å². The van der Waals surface area contributed by atoms with Crippen molar-refractivity contribution in [3.63, 3.8) is 0 Å². The Balaban J connectivity index is 1.23. The first kappa shape index (κ1) is 22.0. The molecule has 1 fully saturated rings. The number of fused-ring (bicyclic) bond motifs is 1. The number of hydrogen-bond acceptors (Lipinski definition) is 4. The highest BCUT2D eigenvalue weighted by Gasteiger charge is 2.21. The van der Waals surface area contributed by atoms with E-state index >= 15 is 0 Å². The lowest BCUT2D eigenvalue weighted by molar-refractivity contribution is -0.122. The van der Waals surface area contributed by atoms with Crippen molar-refractivity contribution in [1.29, 1.82) is 0 Å². The molecule has 0 radical (unpaired) electrons. The molecule has 1 aliphatic heterocycles. The molecule has 3 aromatic rings. The van der Waals surface area contributed by atoms with Crippen LogP contribution in [0.4, 0.5) is 0 Å². The van der Waals surface area contributed by atoms with Gasteiger partial charge in [0.2, 0.25) is 5.91 Å². The van der Waals surface area contributed by atoms with E-state index in [0.29, 0.717) is 30.4 Å². The zero-order valence-corrected chi connectivity index (χ0v) is 18.5. The summed E-state index contributed by atoms with van der Waals surface area (Å²) >= 11 is 0. The van der Waals surface area contributed by atoms with E-state index in [1.807, 2.05) is 0 Å². The average molecular weight is 435 g/mol. The molecule has 4 rings (SSSR count). The molecule has 168 valence electrons. The van der Waals surface area contributed by atoms with Gasteiger partial charge in [0.25, 0.3) is 5.56 Å². The molecule has 0 saturated carbocycles. The van der Waals surface area contributed by atoms with Crippen molar-refractivity contribution in [2.24, 2.45) is 0 Å². The molecular formula is C25H30N4O3. The Hall–Kier alpha value is -3.19. The van der Waals surface area contributed by atoms with Crippen LogP contribution in [0.1, 0.15) is 30.4 Å². The molecule has 0 spiro atoms. The van der Waals surface area contributed by atoms with Gasteiger partial charge in [-0.1, -0.05) is 42.0 Å². The summed E-state index contributed by atoms with van der Waals surface area (Å²) in [6, 6.07) is 15.5. The third kappa shape index (κ3) is 5.34. The number of likely N-dealkylation sites (tertiary alicyclic amines) is 1. The number of rotatable bonds is 7. The molecule has 7 heteroatoms. The lowest BCUT2D eigenvalue weighted by atomic mass is 10.0. The first-order valence-corrected chi connectivity index (χ1v) is 11.3. The predicted octanol–water partition coefficient (Wildman–Crippen LogP) is 2.21. The average Bonchev–Trinajstić information content (AvgIpc) is 2.79. The summed E-state index contributed by atoms with van der Waals surface area (Å²) in [6.07, 6.45) is 3.00. The van der Waals surface area contributed by atoms with Crippen molar-refractivity contribution in [3.8, 4) is 0 Å². The maximum absolute atomic E-state index is 12.7. The molecule has 2 aromatic carbocycles. The first-order chi connectivity index (χ1) is 15.5. The van der Waals surface area contributed by atoms with Crippen LogP contribution < -0.4 is 16.6 Å². The summed E-state index contributed by atoms with van der Waals surface area (Å²) in [5.74, 6) is 0.0956. The topological polar surface area (TPSA) is 87.2 Å². The third-order valence-corrected chi connectivity index (χ3v) is 6.24. The van der Waals surface area contributed by atoms with Crippen molar-refractivity contribution in [2.45, 2.75) is 45.2 Å². The maximum atomic E-state index is 12.7. The Bertz CT molecular complexity index is 1190. The van der Waals surface area contributed by atoms with Gasteiger partial charge in [-0.25, -0.2) is 4.79 Å². The van der Waals surface area contributed by atoms with Gasteiger partial charge in [0, 0.05) is 38.6 Å². The Kier molecular flexibility index (Phi) is 6.85. The summed E-state index contributed by atoms with van der Waals surface area (Å²) in [5, 5.41) is 3.68. The van der Waals surface area contributed by atoms with Crippen LogP contribution in [0.3, 0.4) is 0 Å². The maximum Gasteiger partial charge on any atom is 0.328 e. The first-order valence-electron chi connectivity index (χ1n) is 11.3. The highest BCUT2D eigenvalue weighted by Crippen LogP contribution is 2.11. The van der Waals surface area contributed by atoms with Gasteiger partial charge < -0.3 is 15.2 Å². The van der Waals surface area contributed by atoms with E-state index in [9.17, 15) is 14.4 Å². The molecule has 0 atom stereocenters. The van der Waals surface area contributed by atoms with Gasteiger partial charge in [-0.05, 0) is 43.9 Å². The number of benzene rings is 2. The summed E-state index contributed by atoms with van der Waals surface area (Å²) in [5.41, 5.74) is 2.35. The monoisotopic (exact) mass is 434 g/mol. The van der Waals surface area contributed by atoms with E-state index in [2.05, 4.69) is 46.4 Å². The van der Waals surface area contributed by atoms with Crippen LogP contribution in [0.2, 0.25) is 0 Å². The number of nitrogens with zero attached hydrogens (tertiary/aromatic N) is 2. The highest BCUT2D eigenvalue weighted by molar-refractivity contribution is 5.77. The lowest BCUT2D eigenvalue weighted by Crippen LogP contribution is -2.46. The molecule has 7 nitrogen and oxygen atoms in total. The van der Waals surface area contributed by atoms with Crippen LogP contribution in [0.25, 0.3) is 10.9 Å². The molecule has 32 heavy (non-hydrogen) atoms. The number of nitrogens with one attached hydrogen (secondary N) is 2. The standard InChI is InChI=1S/C25H30N4O3/c1-18-6-8-19(9-7-18)10-11-23(30)26-20-12-14-28(15-13-20)16-17-29-24(31)21-4-2-3-5-22(21)27-25(29)32/h2-9,20H,10-17H2,1H3,(H,26,30)(H,27,32). The summed E-state index contributed by atoms with van der Waals surface area (Å²) < 4.78 is 1.28. The quantitative estimate of drug-likeness (QED) is 0.597. The molecule has 2 N–H and O–H groups in total. The minimum Gasteiger partial charge on any atom is -0.353 e. The van der Waals surface area contributed by atoms with Gasteiger partial charge in [0.1, 0.15) is 0 Å². The molecule has 1 amide bonds. The molecule has 1 aromatic heterocycles. The summed E-state index contributed by atoms with van der Waals surface area (Å²) in [4.78, 5) is 42.3. The van der Waals surface area contributed by atoms with Crippen LogP contribution in [0.15, 0.2) is 58.1 Å². The number of amides is 1. The number of carbonyl (C=O) groups is 1. The van der Waals surface area contributed by atoms with E-state index in [1.54, 1.807) is 24.3 Å². The van der Waals surface area contributed by atoms with Crippen LogP contribution in [-0.4, -0.2) is 46.0 Å². The third-order valence-electron chi connectivity index (χ3n) is 6.24. The van der Waals surface area contributed by atoms with Crippen molar-refractivity contribution >= 4 is 16.8 Å². The minimum absolute atomic E-state index is 0.0956. The van der Waals surface area contributed by atoms with Crippen molar-refractivity contribution in [2.75, 3.05) is 19.6 Å². The minimum atomic E-state index is -0.371. The van der Waals surface area contributed by atoms with E-state index in [1.165, 1.54) is 15.7 Å². The number of carbonyl (C=O) groups excluding carboxylic acids is 1. The fraction of sp³-hybridized carbons (Fsp3) is 0.400. The van der Waals surface area contributed by atoms with Crippen molar-refractivity contribution in [1.82, 2.24) is 19.8 Å². The van der Waals surface area contributed by atoms with E-state index in [4.69, 9.17) is 0 Å². The van der Waals surface area contributed by atoms with Crippen molar-refractivity contribution < 1.29 is 4.79 Å². The lowest BCUT2D eigenvalue weighted by Gasteiger charge is -2.32. The molecule has 1 saturated heterocycles. The number of aromatic nitrogens is 2. The van der Waals surface area contributed by atoms with Gasteiger partial charge in [0.05, 0.1) is 10.9 Å². The fourth-order valence-corrected chi connectivity index (χ4v) is 4.26. The SMILES string of the molecule is Cc1ccc(CCC(=O)NC2CCN(CCn3c(=O)[nH]c4ccccc4c3=O)CC2)cc1. The van der Waals surface area contributed by atoms with E-state index in [-0.39, 0.29) is 23.2 Å². The molecule has 1 aliphatic rings. The summed E-state index contributed by atoms with van der Waals surface area (Å²) in [7, 11) is 0. The predicted molar refractivity (Wildman–Crippen MR) is 126 cm³/mol. The number of aryl methyl sites for hydroxylation is 2. The smallest absolute Gasteiger partial charge is 0.328 e. The Morgan fingerprint density at radius 2 is 1.75 bits per heavy atom. The van der Waals surface area contributed by atoms with Gasteiger partial charge in [-0.3, -0.25) is 14.2 Å². The van der Waals surface area contributed by atoms with Crippen molar-refractivity contribution in [3.05, 3.63) is 80.5 Å². The van der Waals surface area contributed by atoms with E-state index in [0.717, 1.165) is 32.4 Å². The molecular weight excluding hydrogens is 404 g/mol. The Morgan fingerprint density at radius 1 is 1.03 bits per heavy atom. The zero-order valence-electron chi connectivity index (χ0n) is 18.5. The van der Waals surface area contributed by atoms with Crippen LogP contribution in [0, 0.1) is 6.92 Å². The van der Waals surface area contributed by atoms with Gasteiger partial charge in [-0.2, -0.15) is 0 Å². The second-order valence-corrected chi connectivity index (χ2v) is 8.60. The zero-order chi connectivity index (χ0) is 22.5. The van der Waals surface area contributed by atoms with Gasteiger partial charge in [0.15, 0.2) is 0 Å². The molecule has 0 bridgehead atoms. The van der Waals surface area contributed by atoms with Crippen LogP contribution in [-0.2, 0) is 17.8 Å². The molecule has 2 heterocycles. The van der Waals surface area contributed by atoms with Gasteiger partial charge >= 0.3 is 5.69 Å². The number of hydrogen-bond donors (Lipinski definition) is 2. The van der Waals surface area contributed by atoms with Crippen LogP contribution >= 0.6 is 0 Å². The normalized spacial score (nSPS) is 15.2. The Morgan fingerprint density at radius 3 is 2.50 bits per heavy atom. The molecule has 0 unspecified atom stereocenters. The number of piperidine rings is 1. The number of para-hydroxylation sites is 1.